The number of ether oxygens (including phenoxy) is 1. The van der Waals surface area contributed by atoms with Gasteiger partial charge in [-0.1, -0.05) is 23.7 Å². The summed E-state index contributed by atoms with van der Waals surface area (Å²) in [6.45, 7) is 3.12. The minimum Gasteiger partial charge on any atom is -0.447 e. The number of hydrogen-bond acceptors (Lipinski definition) is 8. The number of nitrogens with one attached hydrogen (secondary N) is 1. The van der Waals surface area contributed by atoms with E-state index >= 15 is 0 Å². The van der Waals surface area contributed by atoms with Gasteiger partial charge in [0.2, 0.25) is 0 Å². The highest BCUT2D eigenvalue weighted by atomic mass is 35.5. The van der Waals surface area contributed by atoms with Crippen LogP contribution in [0.15, 0.2) is 47.4 Å². The Morgan fingerprint density at radius 3 is 2.79 bits per heavy atom. The number of cyclic esters (lactones) is 1. The molecule has 2 saturated heterocycles. The number of hydrogen-bond donors (Lipinski definition) is 2. The molecule has 0 radical (unpaired) electrons. The second-order valence-corrected chi connectivity index (χ2v) is 11.2. The van der Waals surface area contributed by atoms with E-state index in [9.17, 15) is 14.4 Å². The molecule has 0 unspecified atom stereocenters. The van der Waals surface area contributed by atoms with Crippen molar-refractivity contribution in [1.82, 2.24) is 19.4 Å². The van der Waals surface area contributed by atoms with Crippen LogP contribution >= 0.6 is 22.9 Å². The lowest BCUT2D eigenvalue weighted by atomic mass is 9.97. The van der Waals surface area contributed by atoms with Gasteiger partial charge in [-0.25, -0.2) is 14.8 Å². The first-order valence-electron chi connectivity index (χ1n) is 12.5. The van der Waals surface area contributed by atoms with Crippen LogP contribution in [0.25, 0.3) is 21.5 Å². The highest BCUT2D eigenvalue weighted by molar-refractivity contribution is 7.17. The largest absolute Gasteiger partial charge is 0.447 e. The lowest BCUT2D eigenvalue weighted by Crippen LogP contribution is -2.45. The summed E-state index contributed by atoms with van der Waals surface area (Å²) in [5.74, 6) is 0.0238. The van der Waals surface area contributed by atoms with E-state index in [4.69, 9.17) is 27.1 Å². The average molecular weight is 565 g/mol. The Morgan fingerprint density at radius 1 is 1.26 bits per heavy atom. The molecule has 2 aliphatic rings. The van der Waals surface area contributed by atoms with Crippen molar-refractivity contribution in [2.75, 3.05) is 18.5 Å². The Balaban J connectivity index is 1.42. The summed E-state index contributed by atoms with van der Waals surface area (Å²) < 4.78 is 6.86. The molecule has 6 rings (SSSR count). The highest BCUT2D eigenvalue weighted by Gasteiger charge is 2.38. The Morgan fingerprint density at radius 2 is 2.05 bits per heavy atom. The highest BCUT2D eigenvalue weighted by Crippen LogP contribution is 2.36. The van der Waals surface area contributed by atoms with Crippen LogP contribution in [0.3, 0.4) is 0 Å². The molecule has 0 spiro atoms. The third-order valence-corrected chi connectivity index (χ3v) is 8.52. The topological polar surface area (TPSA) is 132 Å². The fourth-order valence-electron chi connectivity index (χ4n) is 5.20. The summed E-state index contributed by atoms with van der Waals surface area (Å²) in [7, 11) is 0. The lowest BCUT2D eigenvalue weighted by molar-refractivity contribution is 0.100. The van der Waals surface area contributed by atoms with Gasteiger partial charge in [0.25, 0.3) is 11.5 Å². The number of halogens is 1. The van der Waals surface area contributed by atoms with Crippen molar-refractivity contribution in [2.45, 2.75) is 38.4 Å². The van der Waals surface area contributed by atoms with Crippen LogP contribution in [0.1, 0.15) is 33.9 Å². The number of nitrogens with two attached hydrogens (primary N) is 1. The van der Waals surface area contributed by atoms with E-state index in [2.05, 4.69) is 10.3 Å². The van der Waals surface area contributed by atoms with E-state index in [1.165, 1.54) is 17.5 Å². The van der Waals surface area contributed by atoms with Crippen LogP contribution in [0.5, 0.6) is 0 Å². The molecule has 2 fully saturated rings. The summed E-state index contributed by atoms with van der Waals surface area (Å²) in [4.78, 5) is 48.7. The van der Waals surface area contributed by atoms with Crippen LogP contribution < -0.4 is 16.6 Å². The number of carbonyl (C=O) groups is 2. The molecule has 10 nitrogen and oxygen atoms in total. The number of fused-ring (bicyclic) bond motifs is 2. The van der Waals surface area contributed by atoms with Crippen LogP contribution in [-0.2, 0) is 11.3 Å². The van der Waals surface area contributed by atoms with Gasteiger partial charge in [0.1, 0.15) is 22.3 Å². The van der Waals surface area contributed by atoms with Crippen molar-refractivity contribution in [3.05, 3.63) is 74.2 Å². The molecule has 0 aliphatic carbocycles. The standard InChI is InChI=1S/C27H25ClN6O4S/c1-14-31-22-9-19(25-30-11-23(39-25)24(29)35)21(32-17-6-7-33-18(8-17)13-38-27(33)37)10-20(22)26(36)34(14)12-15-2-4-16(28)5-3-15/h2-5,9-11,17-18,32H,6-8,12-13H2,1H3,(H2,29,35)/t17-,18-/m0/s1. The van der Waals surface area contributed by atoms with Gasteiger partial charge < -0.3 is 20.7 Å². The predicted octanol–water partition coefficient (Wildman–Crippen LogP) is 4.02. The summed E-state index contributed by atoms with van der Waals surface area (Å²) in [6.07, 6.45) is 2.62. The first-order valence-corrected chi connectivity index (χ1v) is 13.7. The van der Waals surface area contributed by atoms with E-state index in [1.807, 2.05) is 24.3 Å². The van der Waals surface area contributed by atoms with Gasteiger partial charge in [-0.15, -0.1) is 11.3 Å². The van der Waals surface area contributed by atoms with E-state index in [1.54, 1.807) is 28.5 Å². The molecule has 2 aliphatic heterocycles. The number of primary amides is 1. The number of aromatic nitrogens is 3. The van der Waals surface area contributed by atoms with Gasteiger partial charge in [0, 0.05) is 28.9 Å². The number of anilines is 1. The first kappa shape index (κ1) is 25.3. The summed E-state index contributed by atoms with van der Waals surface area (Å²) in [6, 6.07) is 11.1. The number of rotatable bonds is 6. The SMILES string of the molecule is Cc1nc2cc(-c3ncc(C(N)=O)s3)c(N[C@H]3CCN4C(=O)OC[C@@H]4C3)cc2c(=O)n1Cc1ccc(Cl)cc1. The molecular formula is C27H25ClN6O4S. The number of amides is 2. The maximum atomic E-state index is 13.7. The molecule has 2 amide bonds. The second-order valence-electron chi connectivity index (χ2n) is 9.78. The van der Waals surface area contributed by atoms with Crippen molar-refractivity contribution in [2.24, 2.45) is 5.73 Å². The lowest BCUT2D eigenvalue weighted by Gasteiger charge is -2.33. The van der Waals surface area contributed by atoms with Crippen molar-refractivity contribution in [1.29, 1.82) is 0 Å². The Hall–Kier alpha value is -3.96. The van der Waals surface area contributed by atoms with E-state index in [0.29, 0.717) is 63.4 Å². The van der Waals surface area contributed by atoms with Crippen LogP contribution in [0, 0.1) is 6.92 Å². The number of piperidine rings is 1. The fraction of sp³-hybridized carbons (Fsp3) is 0.296. The minimum atomic E-state index is -0.550. The molecule has 0 bridgehead atoms. The molecule has 2 aromatic heterocycles. The molecule has 12 heteroatoms. The molecule has 4 aromatic rings. The minimum absolute atomic E-state index is 0.00917. The summed E-state index contributed by atoms with van der Waals surface area (Å²) in [5.41, 5.74) is 8.21. The van der Waals surface area contributed by atoms with Crippen molar-refractivity contribution >= 4 is 51.5 Å². The average Bonchev–Trinajstić information content (AvgIpc) is 3.55. The normalized spacial score (nSPS) is 18.7. The smallest absolute Gasteiger partial charge is 0.410 e. The van der Waals surface area contributed by atoms with Crippen molar-refractivity contribution in [3.8, 4) is 10.6 Å². The second kappa shape index (κ2) is 9.97. The molecule has 2 aromatic carbocycles. The van der Waals surface area contributed by atoms with E-state index < -0.39 is 5.91 Å². The monoisotopic (exact) mass is 564 g/mol. The van der Waals surface area contributed by atoms with Crippen LogP contribution in [0.2, 0.25) is 5.02 Å². The zero-order valence-corrected chi connectivity index (χ0v) is 22.6. The molecular weight excluding hydrogens is 540 g/mol. The molecule has 3 N–H and O–H groups in total. The van der Waals surface area contributed by atoms with Gasteiger partial charge in [0.15, 0.2) is 0 Å². The zero-order chi connectivity index (χ0) is 27.3. The molecule has 200 valence electrons. The third-order valence-electron chi connectivity index (χ3n) is 7.23. The van der Waals surface area contributed by atoms with Gasteiger partial charge >= 0.3 is 6.09 Å². The number of carbonyl (C=O) groups excluding carboxylic acids is 2. The number of aryl methyl sites for hydroxylation is 1. The van der Waals surface area contributed by atoms with Crippen LogP contribution in [0.4, 0.5) is 10.5 Å². The summed E-state index contributed by atoms with van der Waals surface area (Å²) >= 11 is 7.22. The number of nitrogens with zero attached hydrogens (tertiary/aromatic N) is 4. The van der Waals surface area contributed by atoms with E-state index in [-0.39, 0.29) is 23.7 Å². The Labute approximate surface area is 232 Å². The number of thiazole rings is 1. The Kier molecular flexibility index (Phi) is 6.48. The maximum Gasteiger partial charge on any atom is 0.410 e. The van der Waals surface area contributed by atoms with Gasteiger partial charge in [-0.2, -0.15) is 0 Å². The first-order chi connectivity index (χ1) is 18.8. The van der Waals surface area contributed by atoms with Gasteiger partial charge in [-0.05, 0) is 49.6 Å². The van der Waals surface area contributed by atoms with Crippen LogP contribution in [-0.4, -0.2) is 56.7 Å². The molecule has 4 heterocycles. The summed E-state index contributed by atoms with van der Waals surface area (Å²) in [5, 5.41) is 5.27. The van der Waals surface area contributed by atoms with Crippen molar-refractivity contribution < 1.29 is 14.3 Å². The molecule has 2 atom stereocenters. The van der Waals surface area contributed by atoms with Gasteiger partial charge in [0.05, 0.1) is 29.7 Å². The van der Waals surface area contributed by atoms with Crippen molar-refractivity contribution in [3.63, 3.8) is 0 Å². The maximum absolute atomic E-state index is 13.7. The zero-order valence-electron chi connectivity index (χ0n) is 21.0. The quantitative estimate of drug-likeness (QED) is 0.361. The Bertz CT molecular complexity index is 1670. The third kappa shape index (κ3) is 4.83. The van der Waals surface area contributed by atoms with Gasteiger partial charge in [-0.3, -0.25) is 14.2 Å². The predicted molar refractivity (Wildman–Crippen MR) is 149 cm³/mol. The number of benzene rings is 2. The molecule has 39 heavy (non-hydrogen) atoms. The molecule has 0 saturated carbocycles. The van der Waals surface area contributed by atoms with E-state index in [0.717, 1.165) is 17.5 Å². The fourth-order valence-corrected chi connectivity index (χ4v) is 6.12.